The standard InChI is InChI=1S/C42H58N6O9/c1-23-19-27(43-33(45-35(49)54-39(5,6)7)46-36(50)55-40(8,9)10)20-24(2)31(23)29-17-18-30(53-29)32-25(3)21-28(22-26(32)4)44-34(47-37(51)56-41(11,12)13)48-38(52)57-42(14,15)16/h17-22H,1-16H3,(H2,43,45,46,49,50)(H2,44,47,48,51,52). The van der Waals surface area contributed by atoms with E-state index in [1.807, 2.05) is 64.1 Å². The van der Waals surface area contributed by atoms with E-state index in [0.29, 0.717) is 22.9 Å². The van der Waals surface area contributed by atoms with E-state index < -0.39 is 46.8 Å². The SMILES string of the molecule is Cc1cc(N/C(=N/C(=O)OC(C)(C)C)NC(=O)OC(C)(C)C)cc(C)c1-c1ccc(-c2c(C)cc(N/C(=N/C(=O)OC(C)(C)C)NC(=O)OC(C)(C)C)cc2C)o1. The Bertz CT molecular complexity index is 1860. The van der Waals surface area contributed by atoms with Crippen molar-refractivity contribution in [3.63, 3.8) is 0 Å². The normalized spacial score (nSPS) is 12.7. The molecule has 0 fully saturated rings. The average Bonchev–Trinajstić information content (AvgIpc) is 3.41. The topological polar surface area (TPSA) is 191 Å². The maximum absolute atomic E-state index is 12.6. The molecule has 0 saturated carbocycles. The Morgan fingerprint density at radius 2 is 0.772 bits per heavy atom. The van der Waals surface area contributed by atoms with Crippen LogP contribution in [0.1, 0.15) is 105 Å². The molecule has 2 aromatic carbocycles. The average molecular weight is 791 g/mol. The number of anilines is 2. The number of aryl methyl sites for hydroxylation is 4. The summed E-state index contributed by atoms with van der Waals surface area (Å²) >= 11 is 0. The number of ether oxygens (including phenoxy) is 4. The molecule has 57 heavy (non-hydrogen) atoms. The van der Waals surface area contributed by atoms with Gasteiger partial charge in [0.15, 0.2) is 0 Å². The van der Waals surface area contributed by atoms with E-state index in [1.165, 1.54) is 0 Å². The molecule has 0 aliphatic carbocycles. The second kappa shape index (κ2) is 17.5. The summed E-state index contributed by atoms with van der Waals surface area (Å²) in [5.74, 6) is 0.905. The third-order valence-electron chi connectivity index (χ3n) is 7.12. The van der Waals surface area contributed by atoms with E-state index in [2.05, 4.69) is 31.3 Å². The first-order valence-corrected chi connectivity index (χ1v) is 18.5. The number of guanidine groups is 2. The largest absolute Gasteiger partial charge is 0.456 e. The third-order valence-corrected chi connectivity index (χ3v) is 7.12. The monoisotopic (exact) mass is 790 g/mol. The van der Waals surface area contributed by atoms with Crippen LogP contribution in [0.2, 0.25) is 0 Å². The van der Waals surface area contributed by atoms with Gasteiger partial charge in [0.2, 0.25) is 11.9 Å². The zero-order chi connectivity index (χ0) is 43.3. The van der Waals surface area contributed by atoms with Gasteiger partial charge in [-0.3, -0.25) is 10.6 Å². The highest BCUT2D eigenvalue weighted by Crippen LogP contribution is 2.37. The van der Waals surface area contributed by atoms with E-state index >= 15 is 0 Å². The fourth-order valence-electron chi connectivity index (χ4n) is 5.46. The quantitative estimate of drug-likeness (QED) is 0.112. The summed E-state index contributed by atoms with van der Waals surface area (Å²) in [5.41, 5.74) is 3.00. The zero-order valence-electron chi connectivity index (χ0n) is 36.0. The van der Waals surface area contributed by atoms with Gasteiger partial charge in [-0.2, -0.15) is 0 Å². The van der Waals surface area contributed by atoms with Gasteiger partial charge < -0.3 is 34.0 Å². The Labute approximate surface area is 335 Å². The number of benzene rings is 2. The lowest BCUT2D eigenvalue weighted by molar-refractivity contribution is 0.0545. The van der Waals surface area contributed by atoms with Crippen molar-refractivity contribution in [2.24, 2.45) is 9.98 Å². The van der Waals surface area contributed by atoms with Crippen molar-refractivity contribution in [1.82, 2.24) is 10.6 Å². The molecule has 4 amide bonds. The molecule has 0 bridgehead atoms. The highest BCUT2D eigenvalue weighted by Gasteiger charge is 2.24. The molecule has 1 heterocycles. The third kappa shape index (κ3) is 15.3. The van der Waals surface area contributed by atoms with Gasteiger partial charge in [0.1, 0.15) is 33.9 Å². The van der Waals surface area contributed by atoms with E-state index in [9.17, 15) is 19.2 Å². The van der Waals surface area contributed by atoms with Crippen molar-refractivity contribution in [1.29, 1.82) is 0 Å². The number of aliphatic imine (C=N–C) groups is 2. The summed E-state index contributed by atoms with van der Waals surface area (Å²) in [6.45, 7) is 28.3. The summed E-state index contributed by atoms with van der Waals surface area (Å²) in [5, 5.41) is 11.0. The highest BCUT2D eigenvalue weighted by molar-refractivity contribution is 6.07. The van der Waals surface area contributed by atoms with Gasteiger partial charge in [0.05, 0.1) is 0 Å². The Morgan fingerprint density at radius 1 is 0.491 bits per heavy atom. The Balaban J connectivity index is 1.93. The molecule has 0 spiro atoms. The number of hydrogen-bond acceptors (Lipinski definition) is 9. The number of alkyl carbamates (subject to hydrolysis) is 2. The molecule has 3 aromatic rings. The van der Waals surface area contributed by atoms with Crippen LogP contribution in [0.3, 0.4) is 0 Å². The number of furan rings is 1. The van der Waals surface area contributed by atoms with Crippen LogP contribution in [0, 0.1) is 27.7 Å². The minimum absolute atomic E-state index is 0.168. The fraction of sp³-hybridized carbons (Fsp3) is 0.476. The van der Waals surface area contributed by atoms with Crippen LogP contribution in [0.4, 0.5) is 30.6 Å². The van der Waals surface area contributed by atoms with E-state index in [1.54, 1.807) is 83.1 Å². The summed E-state index contributed by atoms with van der Waals surface area (Å²) in [6, 6.07) is 11.1. The maximum atomic E-state index is 12.6. The Morgan fingerprint density at radius 3 is 1.04 bits per heavy atom. The molecule has 4 N–H and O–H groups in total. The number of carbonyl (C=O) groups is 4. The number of hydrogen-bond donors (Lipinski definition) is 4. The van der Waals surface area contributed by atoms with Gasteiger partial charge in [0, 0.05) is 22.5 Å². The van der Waals surface area contributed by atoms with Gasteiger partial charge in [-0.25, -0.2) is 19.2 Å². The first kappa shape index (κ1) is 45.5. The van der Waals surface area contributed by atoms with Crippen LogP contribution in [0.25, 0.3) is 22.6 Å². The van der Waals surface area contributed by atoms with E-state index in [-0.39, 0.29) is 11.9 Å². The van der Waals surface area contributed by atoms with Crippen molar-refractivity contribution in [3.05, 3.63) is 58.7 Å². The molecule has 0 atom stereocenters. The predicted molar refractivity (Wildman–Crippen MR) is 222 cm³/mol. The minimum Gasteiger partial charge on any atom is -0.456 e. The fourth-order valence-corrected chi connectivity index (χ4v) is 5.46. The van der Waals surface area contributed by atoms with Crippen molar-refractivity contribution in [2.75, 3.05) is 10.6 Å². The Hall–Kier alpha value is -5.86. The van der Waals surface area contributed by atoms with Crippen molar-refractivity contribution in [2.45, 2.75) is 133 Å². The molecule has 1 aromatic heterocycles. The highest BCUT2D eigenvalue weighted by atomic mass is 16.6. The molecule has 0 aliphatic rings. The summed E-state index contributed by atoms with van der Waals surface area (Å²) in [6.07, 6.45) is -3.38. The van der Waals surface area contributed by atoms with E-state index in [0.717, 1.165) is 33.4 Å². The number of nitrogens with zero attached hydrogens (tertiary/aromatic N) is 2. The number of nitrogens with one attached hydrogen (secondary N) is 4. The first-order chi connectivity index (χ1) is 26.0. The smallest absolute Gasteiger partial charge is 0.437 e. The van der Waals surface area contributed by atoms with Crippen LogP contribution < -0.4 is 21.3 Å². The van der Waals surface area contributed by atoms with Crippen LogP contribution in [-0.4, -0.2) is 58.7 Å². The first-order valence-electron chi connectivity index (χ1n) is 18.5. The predicted octanol–water partition coefficient (Wildman–Crippen LogP) is 10.3. The van der Waals surface area contributed by atoms with Gasteiger partial charge in [-0.1, -0.05) is 0 Å². The number of carbonyl (C=O) groups excluding carboxylic acids is 4. The molecule has 0 saturated heterocycles. The lowest BCUT2D eigenvalue weighted by Gasteiger charge is -2.21. The Kier molecular flexibility index (Phi) is 14.0. The minimum atomic E-state index is -0.893. The summed E-state index contributed by atoms with van der Waals surface area (Å²) in [4.78, 5) is 58.3. The van der Waals surface area contributed by atoms with Gasteiger partial charge in [0.25, 0.3) is 0 Å². The van der Waals surface area contributed by atoms with Crippen LogP contribution in [0.15, 0.2) is 50.8 Å². The molecular formula is C42H58N6O9. The van der Waals surface area contributed by atoms with Crippen molar-refractivity contribution < 1.29 is 42.5 Å². The van der Waals surface area contributed by atoms with Crippen LogP contribution >= 0.6 is 0 Å². The van der Waals surface area contributed by atoms with Gasteiger partial charge >= 0.3 is 24.4 Å². The van der Waals surface area contributed by atoms with Crippen molar-refractivity contribution >= 4 is 47.7 Å². The van der Waals surface area contributed by atoms with Crippen molar-refractivity contribution in [3.8, 4) is 22.6 Å². The molecule has 0 aliphatic heterocycles. The summed E-state index contributed by atoms with van der Waals surface area (Å²) < 4.78 is 27.9. The molecule has 15 heteroatoms. The van der Waals surface area contributed by atoms with Crippen LogP contribution in [-0.2, 0) is 18.9 Å². The molecule has 0 unspecified atom stereocenters. The lowest BCUT2D eigenvalue weighted by atomic mass is 9.99. The lowest BCUT2D eigenvalue weighted by Crippen LogP contribution is -2.40. The molecule has 310 valence electrons. The van der Waals surface area contributed by atoms with Crippen LogP contribution in [0.5, 0.6) is 0 Å². The van der Waals surface area contributed by atoms with Gasteiger partial charge in [-0.15, -0.1) is 9.98 Å². The summed E-state index contributed by atoms with van der Waals surface area (Å²) in [7, 11) is 0. The second-order valence-electron chi connectivity index (χ2n) is 17.5. The molecule has 0 radical (unpaired) electrons. The van der Waals surface area contributed by atoms with E-state index in [4.69, 9.17) is 23.4 Å². The second-order valence-corrected chi connectivity index (χ2v) is 17.5. The molecule has 15 nitrogen and oxygen atoms in total. The molecule has 3 rings (SSSR count). The number of rotatable bonds is 4. The molecular weight excluding hydrogens is 732 g/mol. The maximum Gasteiger partial charge on any atom is 0.437 e. The zero-order valence-corrected chi connectivity index (χ0v) is 36.0. The van der Waals surface area contributed by atoms with Gasteiger partial charge in [-0.05, 0) is 169 Å². The number of amides is 4.